The highest BCUT2D eigenvalue weighted by molar-refractivity contribution is 5.92. The van der Waals surface area contributed by atoms with Gasteiger partial charge in [-0.15, -0.1) is 0 Å². The molecule has 26 heavy (non-hydrogen) atoms. The third kappa shape index (κ3) is 4.77. The van der Waals surface area contributed by atoms with Gasteiger partial charge in [0.15, 0.2) is 6.61 Å². The minimum Gasteiger partial charge on any atom is -0.451 e. The van der Waals surface area contributed by atoms with Gasteiger partial charge in [0.05, 0.1) is 0 Å². The van der Waals surface area contributed by atoms with Crippen molar-refractivity contribution in [1.29, 1.82) is 0 Å². The Morgan fingerprint density at radius 2 is 1.54 bits per heavy atom. The van der Waals surface area contributed by atoms with Crippen molar-refractivity contribution in [3.63, 3.8) is 0 Å². The lowest BCUT2D eigenvalue weighted by Gasteiger charge is -2.41. The van der Waals surface area contributed by atoms with Crippen LogP contribution in [0.5, 0.6) is 0 Å². The predicted octanol–water partition coefficient (Wildman–Crippen LogP) is 1.93. The van der Waals surface area contributed by atoms with Crippen LogP contribution < -0.4 is 10.9 Å². The zero-order valence-electron chi connectivity index (χ0n) is 15.3. The van der Waals surface area contributed by atoms with Crippen LogP contribution in [0.4, 0.5) is 0 Å². The number of hydrogen-bond donors (Lipinski definition) is 2. The fourth-order valence-electron chi connectivity index (χ4n) is 4.27. The van der Waals surface area contributed by atoms with Gasteiger partial charge >= 0.3 is 5.97 Å². The molecule has 1 heterocycles. The fraction of sp³-hybridized carbons (Fsp3) is 0.737. The zero-order valence-corrected chi connectivity index (χ0v) is 15.3. The number of nitrogens with zero attached hydrogens (tertiary/aromatic N) is 1. The van der Waals surface area contributed by atoms with Crippen molar-refractivity contribution < 1.29 is 19.1 Å². The Hall–Kier alpha value is -2.05. The molecule has 0 radical (unpaired) electrons. The standard InChI is InChI=1S/C19H29N3O4/c23-17-12-11-16(20-21-17)19(25)26-13-18(24)22(14-7-3-1-4-8-14)15-9-5-2-6-10-15/h11,14-15,20H,1-10,12-13H2,(H,21,23). The Morgan fingerprint density at radius 1 is 0.962 bits per heavy atom. The van der Waals surface area contributed by atoms with E-state index >= 15 is 0 Å². The lowest BCUT2D eigenvalue weighted by atomic mass is 9.88. The van der Waals surface area contributed by atoms with E-state index in [1.165, 1.54) is 18.9 Å². The first-order valence-corrected chi connectivity index (χ1v) is 9.88. The molecule has 1 aliphatic heterocycles. The van der Waals surface area contributed by atoms with E-state index in [9.17, 15) is 14.4 Å². The third-order valence-electron chi connectivity index (χ3n) is 5.60. The number of hydrazine groups is 1. The molecule has 2 fully saturated rings. The number of ether oxygens (including phenoxy) is 1. The van der Waals surface area contributed by atoms with Crippen molar-refractivity contribution in [2.24, 2.45) is 0 Å². The van der Waals surface area contributed by atoms with E-state index in [0.717, 1.165) is 51.4 Å². The molecule has 2 amide bonds. The molecule has 2 saturated carbocycles. The van der Waals surface area contributed by atoms with E-state index in [1.807, 2.05) is 4.90 Å². The van der Waals surface area contributed by atoms with E-state index < -0.39 is 5.97 Å². The van der Waals surface area contributed by atoms with Crippen LogP contribution in [0.3, 0.4) is 0 Å². The minimum atomic E-state index is -0.606. The second kappa shape index (κ2) is 9.05. The molecular formula is C19H29N3O4. The van der Waals surface area contributed by atoms with Gasteiger partial charge in [0.2, 0.25) is 5.91 Å². The van der Waals surface area contributed by atoms with Gasteiger partial charge in [-0.05, 0) is 31.8 Å². The molecule has 0 unspecified atom stereocenters. The number of carbonyl (C=O) groups excluding carboxylic acids is 3. The molecule has 2 aliphatic carbocycles. The Bertz CT molecular complexity index is 545. The van der Waals surface area contributed by atoms with Crippen LogP contribution in [0, 0.1) is 0 Å². The van der Waals surface area contributed by atoms with E-state index in [4.69, 9.17) is 4.74 Å². The number of hydrogen-bond acceptors (Lipinski definition) is 5. The normalized spacial score (nSPS) is 22.0. The summed E-state index contributed by atoms with van der Waals surface area (Å²) in [5.74, 6) is -0.901. The molecule has 0 atom stereocenters. The van der Waals surface area contributed by atoms with Gasteiger partial charge in [-0.2, -0.15) is 0 Å². The van der Waals surface area contributed by atoms with Crippen molar-refractivity contribution in [1.82, 2.24) is 15.8 Å². The third-order valence-corrected chi connectivity index (χ3v) is 5.60. The average molecular weight is 363 g/mol. The lowest BCUT2D eigenvalue weighted by Crippen LogP contribution is -2.50. The van der Waals surface area contributed by atoms with Crippen LogP contribution in [-0.2, 0) is 19.1 Å². The van der Waals surface area contributed by atoms with Gasteiger partial charge in [-0.1, -0.05) is 38.5 Å². The summed E-state index contributed by atoms with van der Waals surface area (Å²) in [7, 11) is 0. The molecular weight excluding hydrogens is 334 g/mol. The quantitative estimate of drug-likeness (QED) is 0.729. The van der Waals surface area contributed by atoms with E-state index in [1.54, 1.807) is 0 Å². The summed E-state index contributed by atoms with van der Waals surface area (Å²) in [6.07, 6.45) is 12.9. The number of rotatable bonds is 5. The monoisotopic (exact) mass is 363 g/mol. The van der Waals surface area contributed by atoms with Gasteiger partial charge in [0.1, 0.15) is 5.70 Å². The molecule has 2 N–H and O–H groups in total. The maximum Gasteiger partial charge on any atom is 0.356 e. The van der Waals surface area contributed by atoms with Crippen molar-refractivity contribution in [3.05, 3.63) is 11.8 Å². The van der Waals surface area contributed by atoms with Gasteiger partial charge in [0, 0.05) is 18.5 Å². The lowest BCUT2D eigenvalue weighted by molar-refractivity contribution is -0.153. The van der Waals surface area contributed by atoms with Crippen molar-refractivity contribution in [2.75, 3.05) is 6.61 Å². The zero-order chi connectivity index (χ0) is 18.4. The second-order valence-electron chi connectivity index (χ2n) is 7.46. The molecule has 0 aromatic carbocycles. The minimum absolute atomic E-state index is 0.0856. The molecule has 0 spiro atoms. The summed E-state index contributed by atoms with van der Waals surface area (Å²) in [5, 5.41) is 0. The van der Waals surface area contributed by atoms with Crippen LogP contribution in [-0.4, -0.2) is 41.4 Å². The summed E-state index contributed by atoms with van der Waals surface area (Å²) >= 11 is 0. The van der Waals surface area contributed by atoms with Crippen molar-refractivity contribution >= 4 is 17.8 Å². The number of esters is 1. The van der Waals surface area contributed by atoms with E-state index in [-0.39, 0.29) is 42.6 Å². The molecule has 7 heteroatoms. The maximum atomic E-state index is 12.9. The first-order chi connectivity index (χ1) is 12.6. The second-order valence-corrected chi connectivity index (χ2v) is 7.46. The van der Waals surface area contributed by atoms with Crippen LogP contribution in [0.1, 0.15) is 70.6 Å². The number of nitrogens with one attached hydrogen (secondary N) is 2. The topological polar surface area (TPSA) is 87.7 Å². The van der Waals surface area contributed by atoms with Gasteiger partial charge in [-0.3, -0.25) is 20.4 Å². The SMILES string of the molecule is O=C1CC=C(C(=O)OCC(=O)N(C2CCCCC2)C2CCCCC2)NN1. The smallest absolute Gasteiger partial charge is 0.356 e. The van der Waals surface area contributed by atoms with Crippen molar-refractivity contribution in [3.8, 4) is 0 Å². The summed E-state index contributed by atoms with van der Waals surface area (Å²) in [6.45, 7) is -0.237. The first-order valence-electron chi connectivity index (χ1n) is 9.88. The van der Waals surface area contributed by atoms with Crippen LogP contribution in [0.2, 0.25) is 0 Å². The summed E-state index contributed by atoms with van der Waals surface area (Å²) in [4.78, 5) is 38.2. The first kappa shape index (κ1) is 18.7. The van der Waals surface area contributed by atoms with Crippen LogP contribution >= 0.6 is 0 Å². The Morgan fingerprint density at radius 3 is 2.04 bits per heavy atom. The van der Waals surface area contributed by atoms with Crippen molar-refractivity contribution in [2.45, 2.75) is 82.7 Å². The molecule has 0 aromatic rings. The Labute approximate surface area is 154 Å². The Kier molecular flexibility index (Phi) is 6.52. The van der Waals surface area contributed by atoms with Gasteiger partial charge < -0.3 is 9.64 Å². The molecule has 0 bridgehead atoms. The maximum absolute atomic E-state index is 12.9. The summed E-state index contributed by atoms with van der Waals surface area (Å²) in [5.41, 5.74) is 5.06. The van der Waals surface area contributed by atoms with Gasteiger partial charge in [-0.25, -0.2) is 4.79 Å². The molecule has 3 aliphatic rings. The summed E-state index contributed by atoms with van der Waals surface area (Å²) < 4.78 is 5.23. The van der Waals surface area contributed by atoms with E-state index in [0.29, 0.717) is 0 Å². The average Bonchev–Trinajstić information content (AvgIpc) is 2.68. The summed E-state index contributed by atoms with van der Waals surface area (Å²) in [6, 6.07) is 0.564. The number of amides is 2. The Balaban J connectivity index is 1.59. The van der Waals surface area contributed by atoms with Gasteiger partial charge in [0.25, 0.3) is 5.91 Å². The predicted molar refractivity (Wildman–Crippen MR) is 95.5 cm³/mol. The van der Waals surface area contributed by atoms with Crippen LogP contribution in [0.15, 0.2) is 11.8 Å². The molecule has 7 nitrogen and oxygen atoms in total. The molecule has 144 valence electrons. The number of carbonyl (C=O) groups is 3. The highest BCUT2D eigenvalue weighted by Gasteiger charge is 2.33. The van der Waals surface area contributed by atoms with Crippen LogP contribution in [0.25, 0.3) is 0 Å². The molecule has 3 rings (SSSR count). The largest absolute Gasteiger partial charge is 0.451 e. The highest BCUT2D eigenvalue weighted by atomic mass is 16.5. The highest BCUT2D eigenvalue weighted by Crippen LogP contribution is 2.30. The molecule has 0 saturated heterocycles. The van der Waals surface area contributed by atoms with E-state index in [2.05, 4.69) is 10.9 Å². The fourth-order valence-corrected chi connectivity index (χ4v) is 4.27. The molecule has 0 aromatic heterocycles.